The monoisotopic (exact) mass is 264 g/mol. The summed E-state index contributed by atoms with van der Waals surface area (Å²) in [5.74, 6) is 0.944. The minimum Gasteiger partial charge on any atom is -0.379 e. The van der Waals surface area contributed by atoms with E-state index in [2.05, 4.69) is 32.5 Å². The van der Waals surface area contributed by atoms with Gasteiger partial charge in [0.15, 0.2) is 0 Å². The van der Waals surface area contributed by atoms with Crippen LogP contribution in [0.2, 0.25) is 0 Å². The van der Waals surface area contributed by atoms with Crippen LogP contribution in [-0.4, -0.2) is 53.8 Å². The number of aromatic nitrogens is 2. The van der Waals surface area contributed by atoms with Crippen LogP contribution in [-0.2, 0) is 11.3 Å². The summed E-state index contributed by atoms with van der Waals surface area (Å²) >= 11 is 0. The molecule has 2 heterocycles. The topological polar surface area (TPSA) is 42.3 Å². The molecule has 1 aromatic heterocycles. The number of morpholine rings is 1. The van der Waals surface area contributed by atoms with Crippen LogP contribution < -0.4 is 5.32 Å². The Labute approximate surface area is 115 Å². The molecule has 1 fully saturated rings. The Kier molecular flexibility index (Phi) is 5.42. The van der Waals surface area contributed by atoms with Gasteiger partial charge in [-0.15, -0.1) is 6.58 Å². The molecule has 5 heteroatoms. The first kappa shape index (κ1) is 14.1. The molecule has 1 aromatic rings. The highest BCUT2D eigenvalue weighted by atomic mass is 16.5. The molecule has 19 heavy (non-hydrogen) atoms. The first-order chi connectivity index (χ1) is 9.29. The van der Waals surface area contributed by atoms with E-state index in [1.807, 2.05) is 13.0 Å². The van der Waals surface area contributed by atoms with Gasteiger partial charge in [-0.25, -0.2) is 4.98 Å². The molecule has 0 spiro atoms. The maximum Gasteiger partial charge on any atom is 0.203 e. The highest BCUT2D eigenvalue weighted by molar-refractivity contribution is 5.29. The lowest BCUT2D eigenvalue weighted by atomic mass is 10.3. The third-order valence-electron chi connectivity index (χ3n) is 3.28. The van der Waals surface area contributed by atoms with Crippen LogP contribution in [0, 0.1) is 6.92 Å². The summed E-state index contributed by atoms with van der Waals surface area (Å²) in [5, 5.41) is 3.27. The van der Waals surface area contributed by atoms with Gasteiger partial charge in [0, 0.05) is 38.9 Å². The van der Waals surface area contributed by atoms with Crippen molar-refractivity contribution >= 4 is 5.95 Å². The minimum atomic E-state index is 0.750. The lowest BCUT2D eigenvalue weighted by Gasteiger charge is -2.26. The van der Waals surface area contributed by atoms with Crippen LogP contribution in [0.15, 0.2) is 18.9 Å². The van der Waals surface area contributed by atoms with Gasteiger partial charge in [-0.3, -0.25) is 4.90 Å². The summed E-state index contributed by atoms with van der Waals surface area (Å²) in [6.07, 6.45) is 5.09. The molecule has 1 saturated heterocycles. The lowest BCUT2D eigenvalue weighted by molar-refractivity contribution is 0.0369. The zero-order chi connectivity index (χ0) is 13.5. The number of hydrogen-bond acceptors (Lipinski definition) is 4. The number of nitrogens with one attached hydrogen (secondary N) is 1. The Morgan fingerprint density at radius 1 is 1.42 bits per heavy atom. The van der Waals surface area contributed by atoms with Crippen molar-refractivity contribution in [2.75, 3.05) is 44.7 Å². The molecule has 0 unspecified atom stereocenters. The first-order valence-corrected chi connectivity index (χ1v) is 6.98. The number of imidazole rings is 1. The average molecular weight is 264 g/mol. The minimum absolute atomic E-state index is 0.750. The molecule has 1 aliphatic rings. The van der Waals surface area contributed by atoms with E-state index in [0.717, 1.165) is 64.0 Å². The van der Waals surface area contributed by atoms with Gasteiger partial charge in [0.1, 0.15) is 0 Å². The maximum atomic E-state index is 5.35. The second-order valence-corrected chi connectivity index (χ2v) is 4.88. The van der Waals surface area contributed by atoms with E-state index in [9.17, 15) is 0 Å². The van der Waals surface area contributed by atoms with Crippen molar-refractivity contribution in [1.82, 2.24) is 14.5 Å². The quantitative estimate of drug-likeness (QED) is 0.758. The van der Waals surface area contributed by atoms with E-state index in [0.29, 0.717) is 0 Å². The molecule has 0 amide bonds. The van der Waals surface area contributed by atoms with Gasteiger partial charge in [-0.1, -0.05) is 6.08 Å². The zero-order valence-corrected chi connectivity index (χ0v) is 11.8. The highest BCUT2D eigenvalue weighted by Gasteiger charge is 2.10. The molecule has 1 aliphatic heterocycles. The molecule has 5 nitrogen and oxygen atoms in total. The smallest absolute Gasteiger partial charge is 0.203 e. The van der Waals surface area contributed by atoms with Crippen LogP contribution in [0.4, 0.5) is 5.95 Å². The number of ether oxygens (including phenoxy) is 1. The van der Waals surface area contributed by atoms with Crippen molar-refractivity contribution in [2.45, 2.75) is 19.9 Å². The maximum absolute atomic E-state index is 5.35. The highest BCUT2D eigenvalue weighted by Crippen LogP contribution is 2.09. The summed E-state index contributed by atoms with van der Waals surface area (Å²) < 4.78 is 7.55. The Morgan fingerprint density at radius 3 is 2.95 bits per heavy atom. The molecule has 0 radical (unpaired) electrons. The SMILES string of the molecule is C=CCNc1nc(C)cn1CCCN1CCOCC1. The Hall–Kier alpha value is -1.33. The van der Waals surface area contributed by atoms with Crippen LogP contribution in [0.1, 0.15) is 12.1 Å². The first-order valence-electron chi connectivity index (χ1n) is 6.98. The van der Waals surface area contributed by atoms with E-state index >= 15 is 0 Å². The normalized spacial score (nSPS) is 16.5. The molecular formula is C14H24N4O. The molecule has 0 atom stereocenters. The second-order valence-electron chi connectivity index (χ2n) is 4.88. The number of rotatable bonds is 7. The fourth-order valence-corrected chi connectivity index (χ4v) is 2.31. The fourth-order valence-electron chi connectivity index (χ4n) is 2.31. The number of aryl methyl sites for hydroxylation is 2. The standard InChI is InChI=1S/C14H24N4O/c1-3-5-15-14-16-13(2)12-18(14)7-4-6-17-8-10-19-11-9-17/h3,12H,1,4-11H2,2H3,(H,15,16). The predicted octanol–water partition coefficient (Wildman–Crippen LogP) is 1.51. The van der Waals surface area contributed by atoms with E-state index < -0.39 is 0 Å². The summed E-state index contributed by atoms with van der Waals surface area (Å²) in [5.41, 5.74) is 1.05. The summed E-state index contributed by atoms with van der Waals surface area (Å²) in [7, 11) is 0. The van der Waals surface area contributed by atoms with Gasteiger partial charge in [-0.05, 0) is 13.3 Å². The van der Waals surface area contributed by atoms with Gasteiger partial charge in [0.25, 0.3) is 0 Å². The number of anilines is 1. The summed E-state index contributed by atoms with van der Waals surface area (Å²) in [4.78, 5) is 6.95. The van der Waals surface area contributed by atoms with Gasteiger partial charge in [-0.2, -0.15) is 0 Å². The molecule has 2 rings (SSSR count). The number of nitrogens with zero attached hydrogens (tertiary/aromatic N) is 3. The number of hydrogen-bond donors (Lipinski definition) is 1. The largest absolute Gasteiger partial charge is 0.379 e. The Bertz CT molecular complexity index is 396. The third kappa shape index (κ3) is 4.36. The van der Waals surface area contributed by atoms with Crippen LogP contribution in [0.25, 0.3) is 0 Å². The van der Waals surface area contributed by atoms with Crippen molar-refractivity contribution in [3.05, 3.63) is 24.5 Å². The predicted molar refractivity (Wildman–Crippen MR) is 77.5 cm³/mol. The average Bonchev–Trinajstić information content (AvgIpc) is 2.78. The lowest BCUT2D eigenvalue weighted by Crippen LogP contribution is -2.37. The second kappa shape index (κ2) is 7.31. The van der Waals surface area contributed by atoms with Crippen molar-refractivity contribution in [2.24, 2.45) is 0 Å². The van der Waals surface area contributed by atoms with Crippen molar-refractivity contribution in [3.8, 4) is 0 Å². The van der Waals surface area contributed by atoms with Gasteiger partial charge in [0.05, 0.1) is 18.9 Å². The molecule has 1 N–H and O–H groups in total. The van der Waals surface area contributed by atoms with E-state index in [1.54, 1.807) is 0 Å². The molecule has 106 valence electrons. The van der Waals surface area contributed by atoms with Crippen LogP contribution >= 0.6 is 0 Å². The van der Waals surface area contributed by atoms with E-state index in [1.165, 1.54) is 0 Å². The third-order valence-corrected chi connectivity index (χ3v) is 3.28. The van der Waals surface area contributed by atoms with Crippen molar-refractivity contribution in [3.63, 3.8) is 0 Å². The zero-order valence-electron chi connectivity index (χ0n) is 11.8. The van der Waals surface area contributed by atoms with Crippen molar-refractivity contribution < 1.29 is 4.74 Å². The Morgan fingerprint density at radius 2 is 2.21 bits per heavy atom. The summed E-state index contributed by atoms with van der Waals surface area (Å²) in [6, 6.07) is 0. The van der Waals surface area contributed by atoms with Crippen molar-refractivity contribution in [1.29, 1.82) is 0 Å². The molecule has 0 aromatic carbocycles. The molecule has 0 bridgehead atoms. The molecular weight excluding hydrogens is 240 g/mol. The molecule has 0 saturated carbocycles. The fraction of sp³-hybridized carbons (Fsp3) is 0.643. The van der Waals surface area contributed by atoms with Crippen LogP contribution in [0.3, 0.4) is 0 Å². The van der Waals surface area contributed by atoms with E-state index in [4.69, 9.17) is 4.74 Å². The van der Waals surface area contributed by atoms with Gasteiger partial charge >= 0.3 is 0 Å². The molecule has 0 aliphatic carbocycles. The van der Waals surface area contributed by atoms with Gasteiger partial charge in [0.2, 0.25) is 5.95 Å². The van der Waals surface area contributed by atoms with Gasteiger partial charge < -0.3 is 14.6 Å². The van der Waals surface area contributed by atoms with E-state index in [-0.39, 0.29) is 0 Å². The Balaban J connectivity index is 1.79. The van der Waals surface area contributed by atoms with Crippen LogP contribution in [0.5, 0.6) is 0 Å². The summed E-state index contributed by atoms with van der Waals surface area (Å²) in [6.45, 7) is 12.5.